The monoisotopic (exact) mass is 477 g/mol. The van der Waals surface area contributed by atoms with Gasteiger partial charge in [-0.25, -0.2) is 9.69 Å². The van der Waals surface area contributed by atoms with Crippen molar-refractivity contribution in [3.8, 4) is 11.4 Å². The molecule has 0 spiro atoms. The van der Waals surface area contributed by atoms with Crippen molar-refractivity contribution in [2.24, 2.45) is 0 Å². The van der Waals surface area contributed by atoms with Crippen LogP contribution in [-0.4, -0.2) is 29.5 Å². The van der Waals surface area contributed by atoms with Crippen molar-refractivity contribution >= 4 is 41.2 Å². The number of nitrogens with zero attached hydrogens (tertiary/aromatic N) is 2. The van der Waals surface area contributed by atoms with Gasteiger partial charge in [0.1, 0.15) is 11.3 Å². The summed E-state index contributed by atoms with van der Waals surface area (Å²) >= 11 is 6.18. The highest BCUT2D eigenvalue weighted by Crippen LogP contribution is 2.31. The van der Waals surface area contributed by atoms with Crippen LogP contribution in [0.4, 0.5) is 10.5 Å². The summed E-state index contributed by atoms with van der Waals surface area (Å²) in [6.07, 6.45) is 2.47. The number of amides is 4. The van der Waals surface area contributed by atoms with Crippen molar-refractivity contribution in [2.75, 3.05) is 12.0 Å². The summed E-state index contributed by atoms with van der Waals surface area (Å²) in [6.45, 7) is 5.98. The lowest BCUT2D eigenvalue weighted by Crippen LogP contribution is -2.54. The van der Waals surface area contributed by atoms with Crippen LogP contribution in [-0.2, 0) is 16.0 Å². The van der Waals surface area contributed by atoms with Crippen LogP contribution < -0.4 is 15.0 Å². The summed E-state index contributed by atoms with van der Waals surface area (Å²) in [5.41, 5.74) is 4.83. The summed E-state index contributed by atoms with van der Waals surface area (Å²) < 4.78 is 7.19. The number of barbiturate groups is 1. The number of carbonyl (C=O) groups excluding carboxylic acids is 3. The molecular formula is C26H24ClN3O4. The van der Waals surface area contributed by atoms with Gasteiger partial charge in [-0.15, -0.1) is 0 Å². The first kappa shape index (κ1) is 23.3. The third kappa shape index (κ3) is 4.10. The lowest BCUT2D eigenvalue weighted by atomic mass is 10.1. The van der Waals surface area contributed by atoms with Crippen molar-refractivity contribution in [3.63, 3.8) is 0 Å². The zero-order valence-electron chi connectivity index (χ0n) is 19.3. The first-order chi connectivity index (χ1) is 16.2. The summed E-state index contributed by atoms with van der Waals surface area (Å²) in [5, 5.41) is 2.48. The van der Waals surface area contributed by atoms with E-state index in [2.05, 4.69) is 28.9 Å². The van der Waals surface area contributed by atoms with Crippen LogP contribution in [0.5, 0.6) is 5.75 Å². The van der Waals surface area contributed by atoms with Crippen LogP contribution in [0.25, 0.3) is 11.8 Å². The molecule has 8 heteroatoms. The fourth-order valence-corrected chi connectivity index (χ4v) is 4.31. The van der Waals surface area contributed by atoms with E-state index >= 15 is 0 Å². The van der Waals surface area contributed by atoms with E-state index in [0.29, 0.717) is 11.3 Å². The molecule has 3 aromatic rings. The number of rotatable bonds is 5. The molecule has 2 aromatic carbocycles. The first-order valence-electron chi connectivity index (χ1n) is 10.8. The van der Waals surface area contributed by atoms with Crippen molar-refractivity contribution < 1.29 is 19.1 Å². The molecule has 0 aliphatic carbocycles. The molecule has 34 heavy (non-hydrogen) atoms. The van der Waals surface area contributed by atoms with Gasteiger partial charge in [-0.05, 0) is 73.9 Å². The number of aryl methyl sites for hydroxylation is 2. The predicted octanol–water partition coefficient (Wildman–Crippen LogP) is 4.98. The maximum Gasteiger partial charge on any atom is 0.335 e. The Kier molecular flexibility index (Phi) is 6.30. The van der Waals surface area contributed by atoms with E-state index in [1.165, 1.54) is 30.9 Å². The second-order valence-electron chi connectivity index (χ2n) is 7.96. The Hall–Kier alpha value is -3.84. The zero-order chi connectivity index (χ0) is 24.6. The molecule has 1 aliphatic heterocycles. The van der Waals surface area contributed by atoms with Crippen LogP contribution in [0.3, 0.4) is 0 Å². The molecule has 1 aromatic heterocycles. The van der Waals surface area contributed by atoms with Gasteiger partial charge in [-0.2, -0.15) is 0 Å². The van der Waals surface area contributed by atoms with Gasteiger partial charge in [-0.3, -0.25) is 14.9 Å². The second-order valence-corrected chi connectivity index (χ2v) is 8.37. The number of hydrogen-bond donors (Lipinski definition) is 1. The SMILES string of the molecule is CCc1ccc(-n2c(C)cc(C=C3C(=O)NC(=O)N(c4ccc(OC)c(Cl)c4)C3=O)c2C)cc1. The van der Waals surface area contributed by atoms with E-state index < -0.39 is 17.8 Å². The van der Waals surface area contributed by atoms with Crippen LogP contribution in [0.2, 0.25) is 5.02 Å². The Labute approximate surface area is 202 Å². The Morgan fingerprint density at radius 3 is 2.29 bits per heavy atom. The van der Waals surface area contributed by atoms with Crippen molar-refractivity contribution in [1.82, 2.24) is 9.88 Å². The summed E-state index contributed by atoms with van der Waals surface area (Å²) in [5.74, 6) is -1.07. The van der Waals surface area contributed by atoms with Gasteiger partial charge in [0.05, 0.1) is 17.8 Å². The summed E-state index contributed by atoms with van der Waals surface area (Å²) in [6, 6.07) is 13.8. The molecule has 1 fully saturated rings. The average molecular weight is 478 g/mol. The van der Waals surface area contributed by atoms with E-state index in [-0.39, 0.29) is 16.3 Å². The smallest absolute Gasteiger partial charge is 0.335 e. The second kappa shape index (κ2) is 9.19. The van der Waals surface area contributed by atoms with Crippen molar-refractivity contribution in [3.05, 3.63) is 81.6 Å². The summed E-state index contributed by atoms with van der Waals surface area (Å²) in [7, 11) is 1.47. The van der Waals surface area contributed by atoms with Gasteiger partial charge in [0.15, 0.2) is 0 Å². The van der Waals surface area contributed by atoms with Crippen LogP contribution >= 0.6 is 11.6 Å². The molecule has 0 bridgehead atoms. The van der Waals surface area contributed by atoms with Gasteiger partial charge in [0.25, 0.3) is 11.8 Å². The maximum atomic E-state index is 13.3. The molecule has 7 nitrogen and oxygen atoms in total. The van der Waals surface area contributed by atoms with Crippen LogP contribution in [0.1, 0.15) is 29.4 Å². The van der Waals surface area contributed by atoms with Gasteiger partial charge in [0.2, 0.25) is 0 Å². The number of urea groups is 1. The molecule has 174 valence electrons. The number of hydrogen-bond acceptors (Lipinski definition) is 4. The van der Waals surface area contributed by atoms with E-state index in [9.17, 15) is 14.4 Å². The third-order valence-corrected chi connectivity index (χ3v) is 6.16. The zero-order valence-corrected chi connectivity index (χ0v) is 20.1. The van der Waals surface area contributed by atoms with Gasteiger partial charge < -0.3 is 9.30 Å². The fraction of sp³-hybridized carbons (Fsp3) is 0.192. The molecule has 4 rings (SSSR count). The molecule has 1 saturated heterocycles. The molecule has 0 unspecified atom stereocenters. The van der Waals surface area contributed by atoms with Crippen LogP contribution in [0, 0.1) is 13.8 Å². The quantitative estimate of drug-likeness (QED) is 0.415. The van der Waals surface area contributed by atoms with Gasteiger partial charge >= 0.3 is 6.03 Å². The minimum absolute atomic E-state index is 0.145. The van der Waals surface area contributed by atoms with Crippen molar-refractivity contribution in [1.29, 1.82) is 0 Å². The third-order valence-electron chi connectivity index (χ3n) is 5.87. The topological polar surface area (TPSA) is 80.6 Å². The standard InChI is InChI=1S/C26H24ClN3O4/c1-5-17-6-8-19(9-7-17)29-15(2)12-18(16(29)3)13-21-24(31)28-26(33)30(25(21)32)20-10-11-23(34-4)22(27)14-20/h6-14H,5H2,1-4H3,(H,28,31,33). The maximum absolute atomic E-state index is 13.3. The number of anilines is 1. The number of nitrogens with one attached hydrogen (secondary N) is 1. The summed E-state index contributed by atoms with van der Waals surface area (Å²) in [4.78, 5) is 39.3. The highest BCUT2D eigenvalue weighted by atomic mass is 35.5. The number of methoxy groups -OCH3 is 1. The Bertz CT molecular complexity index is 1340. The van der Waals surface area contributed by atoms with Crippen molar-refractivity contribution in [2.45, 2.75) is 27.2 Å². The number of carbonyl (C=O) groups is 3. The van der Waals surface area contributed by atoms with Gasteiger partial charge in [0, 0.05) is 17.1 Å². The van der Waals surface area contributed by atoms with E-state index in [0.717, 1.165) is 28.4 Å². The number of imide groups is 2. The first-order valence-corrected chi connectivity index (χ1v) is 11.2. The highest BCUT2D eigenvalue weighted by molar-refractivity contribution is 6.39. The Morgan fingerprint density at radius 2 is 1.68 bits per heavy atom. The number of halogens is 1. The van der Waals surface area contributed by atoms with E-state index in [4.69, 9.17) is 16.3 Å². The molecule has 2 heterocycles. The Morgan fingerprint density at radius 1 is 1.00 bits per heavy atom. The average Bonchev–Trinajstić information content (AvgIpc) is 3.09. The molecule has 1 aliphatic rings. The predicted molar refractivity (Wildman–Crippen MR) is 132 cm³/mol. The molecule has 0 atom stereocenters. The largest absolute Gasteiger partial charge is 0.495 e. The van der Waals surface area contributed by atoms with E-state index in [1.54, 1.807) is 6.07 Å². The lowest BCUT2D eigenvalue weighted by Gasteiger charge is -2.26. The number of benzene rings is 2. The minimum Gasteiger partial charge on any atom is -0.495 e. The normalized spacial score (nSPS) is 15.1. The molecule has 1 N–H and O–H groups in total. The highest BCUT2D eigenvalue weighted by Gasteiger charge is 2.37. The number of aromatic nitrogens is 1. The molecule has 4 amide bonds. The molecule has 0 saturated carbocycles. The van der Waals surface area contributed by atoms with E-state index in [1.807, 2.05) is 32.0 Å². The van der Waals surface area contributed by atoms with Gasteiger partial charge in [-0.1, -0.05) is 30.7 Å². The number of ether oxygens (including phenoxy) is 1. The van der Waals surface area contributed by atoms with Crippen LogP contribution in [0.15, 0.2) is 54.1 Å². The molecule has 0 radical (unpaired) electrons. The fourth-order valence-electron chi connectivity index (χ4n) is 4.05. The lowest BCUT2D eigenvalue weighted by molar-refractivity contribution is -0.122. The Balaban J connectivity index is 1.73. The molecular weight excluding hydrogens is 454 g/mol. The minimum atomic E-state index is -0.838.